The maximum absolute atomic E-state index is 5.61. The van der Waals surface area contributed by atoms with Crippen LogP contribution < -0.4 is 10.6 Å². The topological polar surface area (TPSA) is 29.3 Å². The van der Waals surface area contributed by atoms with Gasteiger partial charge in [0.1, 0.15) is 4.99 Å². The minimum absolute atomic E-state index is 0.469. The number of nitrogens with two attached hydrogens (primary N) is 1. The van der Waals surface area contributed by atoms with E-state index in [1.54, 1.807) is 0 Å². The van der Waals surface area contributed by atoms with Gasteiger partial charge in [-0.3, -0.25) is 0 Å². The Kier molecular flexibility index (Phi) is 3.67. The fourth-order valence-electron chi connectivity index (χ4n) is 2.73. The highest BCUT2D eigenvalue weighted by Crippen LogP contribution is 2.29. The molecule has 0 aliphatic carbocycles. The summed E-state index contributed by atoms with van der Waals surface area (Å²) >= 11 is 4.97. The number of benzene rings is 1. The van der Waals surface area contributed by atoms with Gasteiger partial charge in [0.25, 0.3) is 0 Å². The van der Waals surface area contributed by atoms with Crippen molar-refractivity contribution in [3.63, 3.8) is 0 Å². The van der Waals surface area contributed by atoms with E-state index in [1.807, 2.05) is 12.1 Å². The molecule has 1 aliphatic heterocycles. The zero-order chi connectivity index (χ0) is 12.4. The largest absolute Gasteiger partial charge is 0.389 e. The van der Waals surface area contributed by atoms with Gasteiger partial charge in [-0.2, -0.15) is 0 Å². The predicted molar refractivity (Wildman–Crippen MR) is 77.6 cm³/mol. The smallest absolute Gasteiger partial charge is 0.103 e. The van der Waals surface area contributed by atoms with Crippen molar-refractivity contribution in [3.8, 4) is 0 Å². The number of anilines is 1. The van der Waals surface area contributed by atoms with Crippen molar-refractivity contribution in [1.29, 1.82) is 0 Å². The lowest BCUT2D eigenvalue weighted by atomic mass is 9.96. The van der Waals surface area contributed by atoms with Crippen molar-refractivity contribution in [2.24, 2.45) is 5.73 Å². The molecule has 92 valence electrons. The highest BCUT2D eigenvalue weighted by molar-refractivity contribution is 7.80. The molecule has 1 fully saturated rings. The average Bonchev–Trinajstić information content (AvgIpc) is 2.29. The molecule has 2 rings (SSSR count). The van der Waals surface area contributed by atoms with Gasteiger partial charge in [0.2, 0.25) is 0 Å². The van der Waals surface area contributed by atoms with E-state index in [2.05, 4.69) is 30.9 Å². The Labute approximate surface area is 109 Å². The molecule has 1 aromatic rings. The third kappa shape index (κ3) is 2.60. The van der Waals surface area contributed by atoms with E-state index in [9.17, 15) is 0 Å². The van der Waals surface area contributed by atoms with Crippen LogP contribution in [0.3, 0.4) is 0 Å². The van der Waals surface area contributed by atoms with E-state index in [0.29, 0.717) is 17.1 Å². The van der Waals surface area contributed by atoms with Crippen molar-refractivity contribution in [1.82, 2.24) is 0 Å². The van der Waals surface area contributed by atoms with E-state index >= 15 is 0 Å². The van der Waals surface area contributed by atoms with Crippen LogP contribution in [0.15, 0.2) is 24.3 Å². The van der Waals surface area contributed by atoms with Crippen LogP contribution in [-0.4, -0.2) is 17.1 Å². The zero-order valence-corrected chi connectivity index (χ0v) is 11.3. The number of nitrogens with zero attached hydrogens (tertiary/aromatic N) is 1. The highest BCUT2D eigenvalue weighted by Gasteiger charge is 2.24. The summed E-state index contributed by atoms with van der Waals surface area (Å²) in [5.74, 6) is 0. The van der Waals surface area contributed by atoms with E-state index in [1.165, 1.54) is 24.9 Å². The highest BCUT2D eigenvalue weighted by atomic mass is 32.1. The molecule has 3 heteroatoms. The van der Waals surface area contributed by atoms with E-state index in [0.717, 1.165) is 5.56 Å². The summed E-state index contributed by atoms with van der Waals surface area (Å²) in [6, 6.07) is 9.54. The lowest BCUT2D eigenvalue weighted by Gasteiger charge is -2.41. The number of thiocarbonyl (C=S) groups is 1. The van der Waals surface area contributed by atoms with Crippen LogP contribution in [0.4, 0.5) is 5.69 Å². The molecule has 0 aromatic heterocycles. The van der Waals surface area contributed by atoms with Crippen molar-refractivity contribution in [2.75, 3.05) is 4.90 Å². The molecule has 2 atom stereocenters. The summed E-state index contributed by atoms with van der Waals surface area (Å²) in [6.45, 7) is 4.61. The minimum atomic E-state index is 0.469. The number of rotatable bonds is 2. The van der Waals surface area contributed by atoms with Crippen molar-refractivity contribution in [3.05, 3.63) is 29.8 Å². The first-order valence-corrected chi connectivity index (χ1v) is 6.68. The van der Waals surface area contributed by atoms with E-state index < -0.39 is 0 Å². The van der Waals surface area contributed by atoms with Crippen molar-refractivity contribution < 1.29 is 0 Å². The second-order valence-corrected chi connectivity index (χ2v) is 5.39. The predicted octanol–water partition coefficient (Wildman–Crippen LogP) is 3.09. The molecular weight excluding hydrogens is 228 g/mol. The summed E-state index contributed by atoms with van der Waals surface area (Å²) < 4.78 is 0. The molecule has 0 spiro atoms. The van der Waals surface area contributed by atoms with Crippen LogP contribution in [-0.2, 0) is 0 Å². The molecule has 1 aliphatic rings. The molecule has 2 unspecified atom stereocenters. The van der Waals surface area contributed by atoms with Crippen LogP contribution >= 0.6 is 12.2 Å². The molecule has 1 heterocycles. The van der Waals surface area contributed by atoms with Crippen molar-refractivity contribution in [2.45, 2.75) is 45.2 Å². The lowest BCUT2D eigenvalue weighted by molar-refractivity contribution is 0.414. The standard InChI is InChI=1S/C14H20N2S/c1-10-4-3-5-11(2)16(10)13-8-6-12(7-9-13)14(15)17/h6-11H,3-5H2,1-2H3,(H2,15,17). The fourth-order valence-corrected chi connectivity index (χ4v) is 2.86. The molecule has 0 bridgehead atoms. The van der Waals surface area contributed by atoms with Gasteiger partial charge in [-0.05, 0) is 57.4 Å². The van der Waals surface area contributed by atoms with Gasteiger partial charge in [-0.1, -0.05) is 12.2 Å². The first-order valence-electron chi connectivity index (χ1n) is 6.28. The van der Waals surface area contributed by atoms with Crippen LogP contribution in [0.1, 0.15) is 38.7 Å². The summed E-state index contributed by atoms with van der Waals surface area (Å²) in [4.78, 5) is 2.98. The Hall–Kier alpha value is -1.09. The SMILES string of the molecule is CC1CCCC(C)N1c1ccc(C(N)=S)cc1. The number of hydrogen-bond donors (Lipinski definition) is 1. The maximum atomic E-state index is 5.61. The molecule has 0 saturated carbocycles. The molecule has 17 heavy (non-hydrogen) atoms. The zero-order valence-electron chi connectivity index (χ0n) is 10.5. The fraction of sp³-hybridized carbons (Fsp3) is 0.500. The van der Waals surface area contributed by atoms with Gasteiger partial charge in [0.15, 0.2) is 0 Å². The second-order valence-electron chi connectivity index (χ2n) is 4.95. The number of hydrogen-bond acceptors (Lipinski definition) is 2. The quantitative estimate of drug-likeness (QED) is 0.816. The molecule has 0 radical (unpaired) electrons. The third-order valence-corrected chi connectivity index (χ3v) is 3.88. The van der Waals surface area contributed by atoms with E-state index in [4.69, 9.17) is 18.0 Å². The Morgan fingerprint density at radius 1 is 1.18 bits per heavy atom. The maximum Gasteiger partial charge on any atom is 0.103 e. The van der Waals surface area contributed by atoms with Gasteiger partial charge in [0.05, 0.1) is 0 Å². The van der Waals surface area contributed by atoms with Gasteiger partial charge in [0, 0.05) is 23.3 Å². The molecule has 1 saturated heterocycles. The van der Waals surface area contributed by atoms with Crippen LogP contribution in [0.5, 0.6) is 0 Å². The molecule has 0 amide bonds. The second kappa shape index (κ2) is 5.05. The molecule has 1 aromatic carbocycles. The Balaban J connectivity index is 2.23. The van der Waals surface area contributed by atoms with E-state index in [-0.39, 0.29) is 0 Å². The van der Waals surface area contributed by atoms with Crippen LogP contribution in [0, 0.1) is 0 Å². The summed E-state index contributed by atoms with van der Waals surface area (Å²) in [7, 11) is 0. The normalized spacial score (nSPS) is 24.7. The summed E-state index contributed by atoms with van der Waals surface area (Å²) in [5, 5.41) is 0. The molecule has 2 N–H and O–H groups in total. The van der Waals surface area contributed by atoms with Gasteiger partial charge in [-0.25, -0.2) is 0 Å². The van der Waals surface area contributed by atoms with Crippen LogP contribution in [0.25, 0.3) is 0 Å². The third-order valence-electron chi connectivity index (χ3n) is 3.64. The summed E-state index contributed by atoms with van der Waals surface area (Å²) in [6.07, 6.45) is 3.90. The van der Waals surface area contributed by atoms with Crippen molar-refractivity contribution >= 4 is 22.9 Å². The lowest BCUT2D eigenvalue weighted by Crippen LogP contribution is -2.43. The van der Waals surface area contributed by atoms with Gasteiger partial charge >= 0.3 is 0 Å². The van der Waals surface area contributed by atoms with Gasteiger partial charge < -0.3 is 10.6 Å². The average molecular weight is 248 g/mol. The minimum Gasteiger partial charge on any atom is -0.389 e. The molecular formula is C14H20N2S. The Morgan fingerprint density at radius 2 is 1.71 bits per heavy atom. The summed E-state index contributed by atoms with van der Waals surface area (Å²) in [5.41, 5.74) is 7.84. The molecule has 2 nitrogen and oxygen atoms in total. The monoisotopic (exact) mass is 248 g/mol. The first-order chi connectivity index (χ1) is 8.09. The first kappa shape index (κ1) is 12.4. The van der Waals surface area contributed by atoms with Crippen LogP contribution in [0.2, 0.25) is 0 Å². The number of piperidine rings is 1. The van der Waals surface area contributed by atoms with Gasteiger partial charge in [-0.15, -0.1) is 0 Å². The Morgan fingerprint density at radius 3 is 2.18 bits per heavy atom. The Bertz CT molecular complexity index is 389.